The number of hydrogen-bond donors (Lipinski definition) is 1. The molecule has 0 bridgehead atoms. The second-order valence-corrected chi connectivity index (χ2v) is 7.00. The molecule has 0 fully saturated rings. The van der Waals surface area contributed by atoms with Gasteiger partial charge in [0.15, 0.2) is 0 Å². The highest BCUT2D eigenvalue weighted by molar-refractivity contribution is 7.98. The lowest BCUT2D eigenvalue weighted by atomic mass is 10.2. The van der Waals surface area contributed by atoms with E-state index in [-0.39, 0.29) is 0 Å². The molecule has 0 saturated heterocycles. The van der Waals surface area contributed by atoms with Crippen LogP contribution in [0.25, 0.3) is 0 Å². The Morgan fingerprint density at radius 3 is 2.57 bits per heavy atom. The number of nitrogens with one attached hydrogen (secondary N) is 1. The van der Waals surface area contributed by atoms with Gasteiger partial charge >= 0.3 is 0 Å². The second kappa shape index (κ2) is 8.47. The molecule has 0 aromatic heterocycles. The molecule has 0 atom stereocenters. The highest BCUT2D eigenvalue weighted by Crippen LogP contribution is 2.29. The van der Waals surface area contributed by atoms with Crippen molar-refractivity contribution < 1.29 is 0 Å². The fourth-order valence-electron chi connectivity index (χ4n) is 2.04. The Kier molecular flexibility index (Phi) is 6.62. The molecular weight excluding hydrogens is 298 g/mol. The van der Waals surface area contributed by atoms with Crippen LogP contribution in [0.5, 0.6) is 0 Å². The fraction of sp³-hybridized carbons (Fsp3) is 0.333. The number of hydrogen-bond acceptors (Lipinski definition) is 2. The first-order valence-electron chi connectivity index (χ1n) is 7.31. The van der Waals surface area contributed by atoms with Gasteiger partial charge in [0, 0.05) is 22.2 Å². The van der Waals surface area contributed by atoms with Crippen LogP contribution in [0.15, 0.2) is 53.4 Å². The van der Waals surface area contributed by atoms with Crippen LogP contribution in [0, 0.1) is 5.92 Å². The van der Waals surface area contributed by atoms with E-state index in [1.54, 1.807) is 0 Å². The first-order chi connectivity index (χ1) is 10.1. The third-order valence-electron chi connectivity index (χ3n) is 3.13. The van der Waals surface area contributed by atoms with Gasteiger partial charge in [0.1, 0.15) is 0 Å². The van der Waals surface area contributed by atoms with Crippen molar-refractivity contribution in [1.82, 2.24) is 5.32 Å². The zero-order valence-electron chi connectivity index (χ0n) is 12.6. The van der Waals surface area contributed by atoms with Crippen molar-refractivity contribution in [2.24, 2.45) is 5.92 Å². The van der Waals surface area contributed by atoms with Crippen LogP contribution in [-0.2, 0) is 12.3 Å². The molecule has 2 aromatic carbocycles. The van der Waals surface area contributed by atoms with Gasteiger partial charge in [-0.3, -0.25) is 0 Å². The van der Waals surface area contributed by atoms with Crippen molar-refractivity contribution in [2.75, 3.05) is 6.54 Å². The first-order valence-corrected chi connectivity index (χ1v) is 8.67. The predicted octanol–water partition coefficient (Wildman–Crippen LogP) is 5.38. The molecule has 1 N–H and O–H groups in total. The van der Waals surface area contributed by atoms with Crippen molar-refractivity contribution in [3.8, 4) is 0 Å². The van der Waals surface area contributed by atoms with Crippen LogP contribution in [0.2, 0.25) is 5.02 Å². The molecule has 112 valence electrons. The van der Waals surface area contributed by atoms with Gasteiger partial charge in [-0.15, -0.1) is 11.8 Å². The number of benzene rings is 2. The van der Waals surface area contributed by atoms with Crippen molar-refractivity contribution in [1.29, 1.82) is 0 Å². The highest BCUT2D eigenvalue weighted by Gasteiger charge is 2.05. The molecule has 2 aromatic rings. The number of rotatable bonds is 7. The molecule has 0 radical (unpaired) electrons. The first kappa shape index (κ1) is 16.4. The summed E-state index contributed by atoms with van der Waals surface area (Å²) in [7, 11) is 0. The summed E-state index contributed by atoms with van der Waals surface area (Å²) >= 11 is 8.00. The molecule has 0 aliphatic carbocycles. The third-order valence-corrected chi connectivity index (χ3v) is 4.54. The average molecular weight is 320 g/mol. The molecule has 0 unspecified atom stereocenters. The van der Waals surface area contributed by atoms with Crippen LogP contribution >= 0.6 is 23.4 Å². The van der Waals surface area contributed by atoms with E-state index < -0.39 is 0 Å². The Morgan fingerprint density at radius 2 is 1.86 bits per heavy atom. The maximum atomic E-state index is 6.15. The standard InChI is InChI=1S/C18H22ClNS/c1-14(2)11-20-12-16-8-9-17(19)10-18(16)21-13-15-6-4-3-5-7-15/h3-10,14,20H,11-13H2,1-2H3. The Hall–Kier alpha value is -0.960. The van der Waals surface area contributed by atoms with Crippen LogP contribution in [0.1, 0.15) is 25.0 Å². The maximum Gasteiger partial charge on any atom is 0.0417 e. The molecule has 0 spiro atoms. The molecule has 0 amide bonds. The lowest BCUT2D eigenvalue weighted by Crippen LogP contribution is -2.19. The van der Waals surface area contributed by atoms with E-state index in [1.807, 2.05) is 17.8 Å². The van der Waals surface area contributed by atoms with Crippen molar-refractivity contribution in [3.05, 3.63) is 64.7 Å². The van der Waals surface area contributed by atoms with Gasteiger partial charge in [0.05, 0.1) is 0 Å². The number of thioether (sulfide) groups is 1. The van der Waals surface area contributed by atoms with Crippen LogP contribution in [0.3, 0.4) is 0 Å². The summed E-state index contributed by atoms with van der Waals surface area (Å²) in [6.07, 6.45) is 0. The van der Waals surface area contributed by atoms with E-state index in [4.69, 9.17) is 11.6 Å². The topological polar surface area (TPSA) is 12.0 Å². The third kappa shape index (κ3) is 5.74. The Bertz CT molecular complexity index is 554. The van der Waals surface area contributed by atoms with E-state index >= 15 is 0 Å². The Labute approximate surface area is 137 Å². The van der Waals surface area contributed by atoms with E-state index in [1.165, 1.54) is 16.0 Å². The summed E-state index contributed by atoms with van der Waals surface area (Å²) in [5.74, 6) is 1.64. The van der Waals surface area contributed by atoms with E-state index in [0.29, 0.717) is 5.92 Å². The minimum absolute atomic E-state index is 0.665. The minimum Gasteiger partial charge on any atom is -0.312 e. The average Bonchev–Trinajstić information content (AvgIpc) is 2.48. The molecule has 0 saturated carbocycles. The van der Waals surface area contributed by atoms with Crippen molar-refractivity contribution >= 4 is 23.4 Å². The minimum atomic E-state index is 0.665. The summed E-state index contributed by atoms with van der Waals surface area (Å²) in [5.41, 5.74) is 2.66. The smallest absolute Gasteiger partial charge is 0.0417 e. The molecule has 1 nitrogen and oxygen atoms in total. The van der Waals surface area contributed by atoms with Crippen molar-refractivity contribution in [2.45, 2.75) is 31.0 Å². The van der Waals surface area contributed by atoms with Gasteiger partial charge in [-0.05, 0) is 35.7 Å². The highest BCUT2D eigenvalue weighted by atomic mass is 35.5. The van der Waals surface area contributed by atoms with Crippen LogP contribution < -0.4 is 5.32 Å². The number of halogens is 1. The largest absolute Gasteiger partial charge is 0.312 e. The van der Waals surface area contributed by atoms with Crippen LogP contribution in [0.4, 0.5) is 0 Å². The summed E-state index contributed by atoms with van der Waals surface area (Å²) in [5, 5.41) is 4.31. The molecule has 0 heterocycles. The van der Waals surface area contributed by atoms with Gasteiger partial charge in [-0.25, -0.2) is 0 Å². The van der Waals surface area contributed by atoms with E-state index in [0.717, 1.165) is 23.9 Å². The van der Waals surface area contributed by atoms with Gasteiger partial charge in [0.2, 0.25) is 0 Å². The summed E-state index contributed by atoms with van der Waals surface area (Å²) in [6.45, 7) is 6.37. The SMILES string of the molecule is CC(C)CNCc1ccc(Cl)cc1SCc1ccccc1. The molecule has 0 aliphatic heterocycles. The van der Waals surface area contributed by atoms with Gasteiger partial charge in [-0.1, -0.05) is 61.8 Å². The normalized spacial score (nSPS) is 11.0. The Morgan fingerprint density at radius 1 is 1.10 bits per heavy atom. The fourth-order valence-corrected chi connectivity index (χ4v) is 3.33. The second-order valence-electron chi connectivity index (χ2n) is 5.55. The van der Waals surface area contributed by atoms with Gasteiger partial charge in [0.25, 0.3) is 0 Å². The van der Waals surface area contributed by atoms with E-state index in [9.17, 15) is 0 Å². The Balaban J connectivity index is 2.01. The quantitative estimate of drug-likeness (QED) is 0.688. The maximum absolute atomic E-state index is 6.15. The summed E-state index contributed by atoms with van der Waals surface area (Å²) in [6, 6.07) is 16.7. The zero-order valence-corrected chi connectivity index (χ0v) is 14.2. The monoisotopic (exact) mass is 319 g/mol. The predicted molar refractivity (Wildman–Crippen MR) is 94.0 cm³/mol. The molecule has 2 rings (SSSR count). The van der Waals surface area contributed by atoms with Gasteiger partial charge < -0.3 is 5.32 Å². The van der Waals surface area contributed by atoms with Crippen LogP contribution in [-0.4, -0.2) is 6.54 Å². The van der Waals surface area contributed by atoms with E-state index in [2.05, 4.69) is 61.6 Å². The summed E-state index contributed by atoms with van der Waals surface area (Å²) in [4.78, 5) is 1.27. The molecular formula is C18H22ClNS. The molecule has 0 aliphatic rings. The van der Waals surface area contributed by atoms with Gasteiger partial charge in [-0.2, -0.15) is 0 Å². The molecule has 21 heavy (non-hydrogen) atoms. The zero-order chi connectivity index (χ0) is 15.1. The lowest BCUT2D eigenvalue weighted by molar-refractivity contribution is 0.550. The van der Waals surface area contributed by atoms with Crippen molar-refractivity contribution in [3.63, 3.8) is 0 Å². The molecule has 3 heteroatoms. The lowest BCUT2D eigenvalue weighted by Gasteiger charge is -2.12. The summed E-state index contributed by atoms with van der Waals surface area (Å²) < 4.78 is 0.